The predicted molar refractivity (Wildman–Crippen MR) is 126 cm³/mol. The first-order valence-electron chi connectivity index (χ1n) is 12.1. The van der Waals surface area contributed by atoms with Crippen LogP contribution in [0.2, 0.25) is 0 Å². The van der Waals surface area contributed by atoms with Gasteiger partial charge in [-0.05, 0) is 43.9 Å². The second-order valence-electron chi connectivity index (χ2n) is 9.94. The number of carboxylic acids is 2. The van der Waals surface area contributed by atoms with Crippen molar-refractivity contribution in [1.29, 1.82) is 5.26 Å². The van der Waals surface area contributed by atoms with E-state index in [1.807, 2.05) is 4.90 Å². The molecule has 13 nitrogen and oxygen atoms in total. The number of aliphatic hydroxyl groups excluding tert-OH is 2. The molecule has 3 amide bonds. The quantitative estimate of drug-likeness (QED) is 0.287. The summed E-state index contributed by atoms with van der Waals surface area (Å²) in [7, 11) is 3.60. The number of carbonyl (C=O) groups is 4. The Balaban J connectivity index is 0.000000388. The van der Waals surface area contributed by atoms with E-state index in [-0.39, 0.29) is 23.5 Å². The number of aliphatic carboxylic acids is 2. The van der Waals surface area contributed by atoms with Gasteiger partial charge in [-0.2, -0.15) is 5.26 Å². The highest BCUT2D eigenvalue weighted by atomic mass is 16.4. The van der Waals surface area contributed by atoms with Crippen LogP contribution in [0.1, 0.15) is 39.0 Å². The lowest BCUT2D eigenvalue weighted by atomic mass is 9.92. The number of aliphatic hydroxyl groups is 2. The maximum Gasteiger partial charge on any atom is 0.335 e. The molecule has 2 saturated heterocycles. The van der Waals surface area contributed by atoms with E-state index >= 15 is 0 Å². The van der Waals surface area contributed by atoms with Crippen LogP contribution >= 0.6 is 0 Å². The van der Waals surface area contributed by atoms with Gasteiger partial charge in [0.1, 0.15) is 6.04 Å². The molecular weight excluding hydrogens is 474 g/mol. The summed E-state index contributed by atoms with van der Waals surface area (Å²) in [6.07, 6.45) is 0.191. The first kappa shape index (κ1) is 29.3. The van der Waals surface area contributed by atoms with Crippen molar-refractivity contribution in [2.75, 3.05) is 40.3 Å². The van der Waals surface area contributed by atoms with Gasteiger partial charge in [0.15, 0.2) is 12.2 Å². The first-order chi connectivity index (χ1) is 16.9. The lowest BCUT2D eigenvalue weighted by molar-refractivity contribution is -0.165. The minimum Gasteiger partial charge on any atom is -0.479 e. The number of nitrogens with one attached hydrogen (secondary N) is 1. The zero-order chi connectivity index (χ0) is 27.2. The van der Waals surface area contributed by atoms with Crippen LogP contribution in [-0.2, 0) is 14.4 Å². The summed E-state index contributed by atoms with van der Waals surface area (Å²) >= 11 is 0. The lowest BCUT2D eigenvalue weighted by Crippen LogP contribution is -2.50. The Morgan fingerprint density at radius 2 is 1.61 bits per heavy atom. The monoisotopic (exact) mass is 511 g/mol. The number of nitrogens with zero attached hydrogens (tertiary/aromatic N) is 4. The van der Waals surface area contributed by atoms with Gasteiger partial charge in [-0.1, -0.05) is 6.92 Å². The van der Waals surface area contributed by atoms with Gasteiger partial charge in [-0.25, -0.2) is 14.4 Å². The normalized spacial score (nSPS) is 28.4. The molecule has 13 heteroatoms. The summed E-state index contributed by atoms with van der Waals surface area (Å²) in [5, 5.41) is 45.3. The Morgan fingerprint density at radius 1 is 1.08 bits per heavy atom. The van der Waals surface area contributed by atoms with Gasteiger partial charge in [-0.15, -0.1) is 0 Å². The van der Waals surface area contributed by atoms with Gasteiger partial charge >= 0.3 is 18.0 Å². The summed E-state index contributed by atoms with van der Waals surface area (Å²) in [6, 6.07) is 2.08. The van der Waals surface area contributed by atoms with Gasteiger partial charge < -0.3 is 40.4 Å². The summed E-state index contributed by atoms with van der Waals surface area (Å²) < 4.78 is 0. The van der Waals surface area contributed by atoms with Crippen LogP contribution in [0.5, 0.6) is 0 Å². The van der Waals surface area contributed by atoms with E-state index in [1.54, 1.807) is 23.9 Å². The number of rotatable bonds is 7. The number of nitriles is 1. The van der Waals surface area contributed by atoms with E-state index in [0.717, 1.165) is 45.2 Å². The Bertz CT molecular complexity index is 843. The summed E-state index contributed by atoms with van der Waals surface area (Å²) in [5.74, 6) is -2.46. The van der Waals surface area contributed by atoms with Crippen molar-refractivity contribution < 1.29 is 39.6 Å². The minimum atomic E-state index is -2.27. The fourth-order valence-corrected chi connectivity index (χ4v) is 5.32. The van der Waals surface area contributed by atoms with E-state index in [4.69, 9.17) is 20.4 Å². The molecule has 2 aliphatic heterocycles. The van der Waals surface area contributed by atoms with Crippen molar-refractivity contribution >= 4 is 23.9 Å². The molecule has 36 heavy (non-hydrogen) atoms. The number of amides is 3. The highest BCUT2D eigenvalue weighted by molar-refractivity contribution is 5.83. The molecule has 0 aromatic rings. The van der Waals surface area contributed by atoms with Crippen LogP contribution < -0.4 is 5.32 Å². The molecular formula is C23H37N5O8. The number of likely N-dealkylation sites (tertiary alicyclic amines) is 2. The molecule has 0 aromatic heterocycles. The molecule has 3 aliphatic rings. The van der Waals surface area contributed by atoms with E-state index < -0.39 is 24.1 Å². The molecule has 0 spiro atoms. The molecule has 3 rings (SSSR count). The van der Waals surface area contributed by atoms with Gasteiger partial charge in [-0.3, -0.25) is 4.79 Å². The maximum atomic E-state index is 12.5. The molecule has 4 unspecified atom stereocenters. The zero-order valence-electron chi connectivity index (χ0n) is 21.0. The van der Waals surface area contributed by atoms with Crippen LogP contribution in [0.4, 0.5) is 4.79 Å². The van der Waals surface area contributed by atoms with Crippen molar-refractivity contribution in [1.82, 2.24) is 20.0 Å². The third-order valence-electron chi connectivity index (χ3n) is 7.35. The van der Waals surface area contributed by atoms with Crippen molar-refractivity contribution in [2.45, 2.75) is 62.8 Å². The van der Waals surface area contributed by atoms with Gasteiger partial charge in [0.05, 0.1) is 12.6 Å². The van der Waals surface area contributed by atoms with E-state index in [2.05, 4.69) is 18.3 Å². The fraction of sp³-hybridized carbons (Fsp3) is 0.783. The SMILES string of the molecule is CCC1(NCC(=O)N2CCC[C@H]2C#N)CC2CN(C(=O)N(C)C)CC2C1.O=C(O)C(O)C(O)C(=O)O. The van der Waals surface area contributed by atoms with Crippen LogP contribution in [0, 0.1) is 23.2 Å². The molecule has 0 aromatic carbocycles. The van der Waals surface area contributed by atoms with Crippen LogP contribution in [-0.4, -0.2) is 123 Å². The van der Waals surface area contributed by atoms with Crippen LogP contribution in [0.15, 0.2) is 0 Å². The average Bonchev–Trinajstić information content (AvgIpc) is 3.55. The average molecular weight is 512 g/mol. The highest BCUT2D eigenvalue weighted by Gasteiger charge is 2.49. The molecule has 0 bridgehead atoms. The molecule has 2 heterocycles. The minimum absolute atomic E-state index is 0.0138. The second kappa shape index (κ2) is 12.3. The Kier molecular flexibility index (Phi) is 10.0. The molecule has 1 saturated carbocycles. The Morgan fingerprint density at radius 3 is 2.03 bits per heavy atom. The number of hydrogen-bond acceptors (Lipinski definition) is 8. The molecule has 3 fully saturated rings. The van der Waals surface area contributed by atoms with E-state index in [0.29, 0.717) is 24.9 Å². The number of fused-ring (bicyclic) bond motifs is 1. The standard InChI is InChI=1S/C19H31N5O2.C4H6O6/c1-4-19(21-11-17(25)24-7-5-6-16(24)10-20)8-14-12-23(13-15(14)9-19)18(26)22(2)3;5-1(3(7)8)2(6)4(9)10/h14-16,21H,4-9,11-13H2,1-3H3;1-2,5-6H,(H,7,8)(H,9,10)/t14?,15?,16-,19?;/m0./s1. The Hall–Kier alpha value is -2.95. The van der Waals surface area contributed by atoms with Crippen LogP contribution in [0.25, 0.3) is 0 Å². The van der Waals surface area contributed by atoms with Crippen LogP contribution in [0.3, 0.4) is 0 Å². The van der Waals surface area contributed by atoms with E-state index in [1.165, 1.54) is 0 Å². The van der Waals surface area contributed by atoms with Gasteiger partial charge in [0.2, 0.25) is 5.91 Å². The Labute approximate surface area is 210 Å². The maximum absolute atomic E-state index is 12.5. The highest BCUT2D eigenvalue weighted by Crippen LogP contribution is 2.45. The topological polar surface area (TPSA) is 195 Å². The largest absolute Gasteiger partial charge is 0.479 e. The number of hydrogen-bond donors (Lipinski definition) is 5. The van der Waals surface area contributed by atoms with Gasteiger partial charge in [0.25, 0.3) is 0 Å². The number of carbonyl (C=O) groups excluding carboxylic acids is 2. The number of urea groups is 1. The van der Waals surface area contributed by atoms with Crippen molar-refractivity contribution in [3.8, 4) is 6.07 Å². The summed E-state index contributed by atoms with van der Waals surface area (Å²) in [5.41, 5.74) is -0.0138. The third-order valence-corrected chi connectivity index (χ3v) is 7.35. The second-order valence-corrected chi connectivity index (χ2v) is 9.94. The fourth-order valence-electron chi connectivity index (χ4n) is 5.32. The number of carboxylic acid groups (broad SMARTS) is 2. The molecule has 0 radical (unpaired) electrons. The molecule has 202 valence electrons. The molecule has 1 aliphatic carbocycles. The van der Waals surface area contributed by atoms with Crippen molar-refractivity contribution in [2.24, 2.45) is 11.8 Å². The smallest absolute Gasteiger partial charge is 0.335 e. The zero-order valence-corrected chi connectivity index (χ0v) is 21.0. The summed E-state index contributed by atoms with van der Waals surface area (Å²) in [6.45, 7) is 4.83. The van der Waals surface area contributed by atoms with Crippen molar-refractivity contribution in [3.63, 3.8) is 0 Å². The third kappa shape index (κ3) is 6.83. The predicted octanol–water partition coefficient (Wildman–Crippen LogP) is -0.860. The van der Waals surface area contributed by atoms with Gasteiger partial charge in [0, 0.05) is 39.3 Å². The first-order valence-corrected chi connectivity index (χ1v) is 12.1. The molecule has 5 atom stereocenters. The van der Waals surface area contributed by atoms with E-state index in [9.17, 15) is 24.4 Å². The summed E-state index contributed by atoms with van der Waals surface area (Å²) in [4.78, 5) is 49.6. The molecule has 5 N–H and O–H groups in total. The lowest BCUT2D eigenvalue weighted by Gasteiger charge is -2.33. The van der Waals surface area contributed by atoms with Crippen molar-refractivity contribution in [3.05, 3.63) is 0 Å².